The van der Waals surface area contributed by atoms with Gasteiger partial charge < -0.3 is 5.73 Å². The third-order valence-corrected chi connectivity index (χ3v) is 4.28. The molecule has 2 rings (SSSR count). The molecule has 0 unspecified atom stereocenters. The fourth-order valence-electron chi connectivity index (χ4n) is 1.76. The van der Waals surface area contributed by atoms with E-state index < -0.39 is 38.7 Å². The van der Waals surface area contributed by atoms with Gasteiger partial charge >= 0.3 is 0 Å². The molecule has 0 amide bonds. The summed E-state index contributed by atoms with van der Waals surface area (Å²) >= 11 is 0. The second kappa shape index (κ2) is 5.74. The number of rotatable bonds is 4. The monoisotopic (exact) mass is 313 g/mol. The Hall–Kier alpha value is -2.06. The minimum atomic E-state index is -4.20. The molecule has 112 valence electrons. The lowest BCUT2D eigenvalue weighted by atomic mass is 10.2. The van der Waals surface area contributed by atoms with E-state index >= 15 is 0 Å². The standard InChI is InChI=1S/C13H13F2N3O2S/c1-8-11(3-2-6-17-8)18-21(19,20)12-5-4-10(14)9(7-16)13(12)15/h2-6,18H,7,16H2,1H3. The summed E-state index contributed by atoms with van der Waals surface area (Å²) in [5.41, 5.74) is 5.41. The zero-order valence-corrected chi connectivity index (χ0v) is 11.9. The maximum Gasteiger partial charge on any atom is 0.264 e. The Morgan fingerprint density at radius 3 is 2.62 bits per heavy atom. The van der Waals surface area contributed by atoms with Gasteiger partial charge in [-0.25, -0.2) is 17.2 Å². The summed E-state index contributed by atoms with van der Waals surface area (Å²) in [4.78, 5) is 3.27. The van der Waals surface area contributed by atoms with Gasteiger partial charge in [-0.1, -0.05) is 0 Å². The molecule has 8 heteroatoms. The lowest BCUT2D eigenvalue weighted by molar-refractivity contribution is 0.530. The van der Waals surface area contributed by atoms with E-state index in [2.05, 4.69) is 9.71 Å². The largest absolute Gasteiger partial charge is 0.326 e. The normalized spacial score (nSPS) is 11.4. The molecule has 0 atom stereocenters. The molecule has 1 aromatic carbocycles. The number of hydrogen-bond donors (Lipinski definition) is 2. The first-order valence-corrected chi connectivity index (χ1v) is 7.46. The maximum atomic E-state index is 14.1. The first kappa shape index (κ1) is 15.3. The number of hydrogen-bond acceptors (Lipinski definition) is 4. The van der Waals surface area contributed by atoms with Crippen LogP contribution in [0.15, 0.2) is 35.4 Å². The van der Waals surface area contributed by atoms with Crippen LogP contribution in [-0.4, -0.2) is 13.4 Å². The maximum absolute atomic E-state index is 14.1. The Morgan fingerprint density at radius 2 is 2.00 bits per heavy atom. The smallest absolute Gasteiger partial charge is 0.264 e. The highest BCUT2D eigenvalue weighted by Crippen LogP contribution is 2.23. The van der Waals surface area contributed by atoms with Crippen LogP contribution in [0.3, 0.4) is 0 Å². The van der Waals surface area contributed by atoms with Crippen LogP contribution in [0.4, 0.5) is 14.5 Å². The Bertz CT molecular complexity index is 779. The summed E-state index contributed by atoms with van der Waals surface area (Å²) in [5.74, 6) is -2.07. The van der Waals surface area contributed by atoms with Crippen LogP contribution in [0.5, 0.6) is 0 Å². The summed E-state index contributed by atoms with van der Waals surface area (Å²) in [5, 5.41) is 0. The molecule has 0 fully saturated rings. The highest BCUT2D eigenvalue weighted by atomic mass is 32.2. The zero-order chi connectivity index (χ0) is 15.6. The van der Waals surface area contributed by atoms with E-state index in [1.807, 2.05) is 0 Å². The van der Waals surface area contributed by atoms with Gasteiger partial charge in [0.1, 0.15) is 10.7 Å². The number of halogens is 2. The second-order valence-corrected chi connectivity index (χ2v) is 5.93. The number of anilines is 1. The highest BCUT2D eigenvalue weighted by molar-refractivity contribution is 7.92. The van der Waals surface area contributed by atoms with Crippen LogP contribution < -0.4 is 10.5 Å². The van der Waals surface area contributed by atoms with E-state index in [1.54, 1.807) is 6.92 Å². The lowest BCUT2D eigenvalue weighted by Gasteiger charge is -2.12. The van der Waals surface area contributed by atoms with Crippen molar-refractivity contribution in [3.8, 4) is 0 Å². The predicted molar refractivity (Wildman–Crippen MR) is 74.0 cm³/mol. The number of nitrogens with one attached hydrogen (secondary N) is 1. The van der Waals surface area contributed by atoms with Crippen molar-refractivity contribution >= 4 is 15.7 Å². The number of benzene rings is 1. The average molecular weight is 313 g/mol. The topological polar surface area (TPSA) is 85.1 Å². The van der Waals surface area contributed by atoms with Gasteiger partial charge in [0.15, 0.2) is 5.82 Å². The van der Waals surface area contributed by atoms with E-state index in [0.717, 1.165) is 12.1 Å². The van der Waals surface area contributed by atoms with E-state index in [-0.39, 0.29) is 5.69 Å². The van der Waals surface area contributed by atoms with Gasteiger partial charge in [0.25, 0.3) is 10.0 Å². The summed E-state index contributed by atoms with van der Waals surface area (Å²) < 4.78 is 54.1. The Morgan fingerprint density at radius 1 is 1.29 bits per heavy atom. The van der Waals surface area contributed by atoms with Crippen molar-refractivity contribution in [1.82, 2.24) is 4.98 Å². The van der Waals surface area contributed by atoms with Crippen LogP contribution in [0, 0.1) is 18.6 Å². The molecule has 5 nitrogen and oxygen atoms in total. The van der Waals surface area contributed by atoms with E-state index in [9.17, 15) is 17.2 Å². The molecule has 1 heterocycles. The van der Waals surface area contributed by atoms with E-state index in [1.165, 1.54) is 18.3 Å². The van der Waals surface area contributed by atoms with Crippen molar-refractivity contribution in [2.75, 3.05) is 4.72 Å². The third-order valence-electron chi connectivity index (χ3n) is 2.90. The van der Waals surface area contributed by atoms with Crippen molar-refractivity contribution in [1.29, 1.82) is 0 Å². The summed E-state index contributed by atoms with van der Waals surface area (Å²) in [6, 6.07) is 4.76. The molecule has 2 aromatic rings. The molecule has 0 aliphatic heterocycles. The first-order chi connectivity index (χ1) is 9.86. The minimum absolute atomic E-state index is 0.218. The molecule has 21 heavy (non-hydrogen) atoms. The fourth-order valence-corrected chi connectivity index (χ4v) is 2.98. The predicted octanol–water partition coefficient (Wildman–Crippen LogP) is 1.93. The first-order valence-electron chi connectivity index (χ1n) is 5.98. The van der Waals surface area contributed by atoms with Gasteiger partial charge in [-0.05, 0) is 31.2 Å². The average Bonchev–Trinajstić information content (AvgIpc) is 2.41. The van der Waals surface area contributed by atoms with Crippen molar-refractivity contribution in [2.24, 2.45) is 5.73 Å². The van der Waals surface area contributed by atoms with Gasteiger partial charge in [-0.2, -0.15) is 0 Å². The summed E-state index contributed by atoms with van der Waals surface area (Å²) in [6.07, 6.45) is 1.50. The number of pyridine rings is 1. The Labute approximate surface area is 120 Å². The molecule has 0 aliphatic carbocycles. The molecule has 0 saturated heterocycles. The van der Waals surface area contributed by atoms with Gasteiger partial charge in [0, 0.05) is 18.3 Å². The molecule has 0 saturated carbocycles. The van der Waals surface area contributed by atoms with Crippen molar-refractivity contribution in [3.63, 3.8) is 0 Å². The highest BCUT2D eigenvalue weighted by Gasteiger charge is 2.23. The molecule has 3 N–H and O–H groups in total. The Kier molecular flexibility index (Phi) is 4.19. The molecular formula is C13H13F2N3O2S. The fraction of sp³-hybridized carbons (Fsp3) is 0.154. The van der Waals surface area contributed by atoms with Crippen molar-refractivity contribution in [3.05, 3.63) is 53.4 Å². The van der Waals surface area contributed by atoms with Crippen molar-refractivity contribution in [2.45, 2.75) is 18.4 Å². The van der Waals surface area contributed by atoms with Crippen LogP contribution in [0.25, 0.3) is 0 Å². The molecular weight excluding hydrogens is 300 g/mol. The van der Waals surface area contributed by atoms with E-state index in [0.29, 0.717) is 5.69 Å². The van der Waals surface area contributed by atoms with E-state index in [4.69, 9.17) is 5.73 Å². The van der Waals surface area contributed by atoms with Crippen LogP contribution >= 0.6 is 0 Å². The number of nitrogens with two attached hydrogens (primary N) is 1. The van der Waals surface area contributed by atoms with Gasteiger partial charge in [-0.3, -0.25) is 9.71 Å². The van der Waals surface area contributed by atoms with Gasteiger partial charge in [0.2, 0.25) is 0 Å². The Balaban J connectivity index is 2.48. The molecule has 0 spiro atoms. The van der Waals surface area contributed by atoms with Crippen LogP contribution in [0.2, 0.25) is 0 Å². The molecule has 1 aromatic heterocycles. The van der Waals surface area contributed by atoms with Crippen LogP contribution in [0.1, 0.15) is 11.3 Å². The minimum Gasteiger partial charge on any atom is -0.326 e. The number of aromatic nitrogens is 1. The zero-order valence-electron chi connectivity index (χ0n) is 11.1. The molecule has 0 radical (unpaired) electrons. The molecule has 0 aliphatic rings. The SMILES string of the molecule is Cc1ncccc1NS(=O)(=O)c1ccc(F)c(CN)c1F. The van der Waals surface area contributed by atoms with Gasteiger partial charge in [0.05, 0.1) is 11.4 Å². The second-order valence-electron chi connectivity index (χ2n) is 4.28. The number of aryl methyl sites for hydroxylation is 1. The number of sulfonamides is 1. The molecule has 0 bridgehead atoms. The van der Waals surface area contributed by atoms with Crippen molar-refractivity contribution < 1.29 is 17.2 Å². The quantitative estimate of drug-likeness (QED) is 0.903. The number of nitrogens with zero attached hydrogens (tertiary/aromatic N) is 1. The third kappa shape index (κ3) is 3.01. The summed E-state index contributed by atoms with van der Waals surface area (Å²) in [6.45, 7) is 1.16. The van der Waals surface area contributed by atoms with Gasteiger partial charge in [-0.15, -0.1) is 0 Å². The van der Waals surface area contributed by atoms with Crippen LogP contribution in [-0.2, 0) is 16.6 Å². The summed E-state index contributed by atoms with van der Waals surface area (Å²) in [7, 11) is -4.20. The lowest BCUT2D eigenvalue weighted by Crippen LogP contribution is -2.17.